The lowest BCUT2D eigenvalue weighted by molar-refractivity contribution is 0.0692. The molecule has 0 saturated heterocycles. The van der Waals surface area contributed by atoms with E-state index >= 15 is 0 Å². The molecule has 1 aromatic rings. The Balaban J connectivity index is 2.14. The predicted molar refractivity (Wildman–Crippen MR) is 71.9 cm³/mol. The first-order valence-electron chi connectivity index (χ1n) is 6.71. The van der Waals surface area contributed by atoms with Crippen molar-refractivity contribution in [1.82, 2.24) is 14.9 Å². The molecular weight excluding hydrogens is 282 g/mol. The highest BCUT2D eigenvalue weighted by Gasteiger charge is 2.29. The molecule has 0 radical (unpaired) electrons. The van der Waals surface area contributed by atoms with Crippen molar-refractivity contribution < 1.29 is 18.3 Å². The first-order valence-corrected chi connectivity index (χ1v) is 8.19. The van der Waals surface area contributed by atoms with E-state index in [1.807, 2.05) is 6.92 Å². The standard InChI is InChI=1S/C12H19N3O4S/c1-8(9-5-3-2-4-6-9)15-20(18,19)11-10(12(16)17)7-13-14-11/h7-9,15H,2-6H2,1H3,(H,13,14)(H,16,17). The van der Waals surface area contributed by atoms with Crippen molar-refractivity contribution in [2.45, 2.75) is 50.1 Å². The Labute approximate surface area is 117 Å². The molecule has 3 N–H and O–H groups in total. The zero-order valence-electron chi connectivity index (χ0n) is 11.3. The van der Waals surface area contributed by atoms with Crippen LogP contribution in [0.4, 0.5) is 0 Å². The van der Waals surface area contributed by atoms with E-state index < -0.39 is 16.0 Å². The summed E-state index contributed by atoms with van der Waals surface area (Å²) in [5.41, 5.74) is -0.339. The second kappa shape index (κ2) is 5.92. The molecular formula is C12H19N3O4S. The highest BCUT2D eigenvalue weighted by Crippen LogP contribution is 2.27. The Morgan fingerprint density at radius 1 is 1.45 bits per heavy atom. The lowest BCUT2D eigenvalue weighted by atomic mass is 9.85. The molecule has 20 heavy (non-hydrogen) atoms. The topological polar surface area (TPSA) is 112 Å². The third-order valence-electron chi connectivity index (χ3n) is 3.80. The van der Waals surface area contributed by atoms with Crippen LogP contribution in [0.2, 0.25) is 0 Å². The molecule has 1 atom stereocenters. The minimum absolute atomic E-state index is 0.217. The summed E-state index contributed by atoms with van der Waals surface area (Å²) in [6, 6.07) is -0.217. The normalized spacial score (nSPS) is 18.9. The van der Waals surface area contributed by atoms with Crippen LogP contribution in [0.25, 0.3) is 0 Å². The van der Waals surface area contributed by atoms with E-state index in [-0.39, 0.29) is 16.6 Å². The second-order valence-corrected chi connectivity index (χ2v) is 6.88. The third kappa shape index (κ3) is 3.18. The van der Waals surface area contributed by atoms with Gasteiger partial charge in [0.15, 0.2) is 5.03 Å². The number of carboxylic acid groups (broad SMARTS) is 1. The molecule has 7 nitrogen and oxygen atoms in total. The lowest BCUT2D eigenvalue weighted by Gasteiger charge is -2.27. The van der Waals surface area contributed by atoms with E-state index in [0.717, 1.165) is 31.9 Å². The summed E-state index contributed by atoms with van der Waals surface area (Å²) in [4.78, 5) is 11.0. The highest BCUT2D eigenvalue weighted by molar-refractivity contribution is 7.89. The van der Waals surface area contributed by atoms with Crippen LogP contribution in [0.5, 0.6) is 0 Å². The highest BCUT2D eigenvalue weighted by atomic mass is 32.2. The number of sulfonamides is 1. The first-order chi connectivity index (χ1) is 9.42. The molecule has 1 unspecified atom stereocenters. The quantitative estimate of drug-likeness (QED) is 0.760. The molecule has 0 aromatic carbocycles. The number of aromatic amines is 1. The number of aromatic carboxylic acids is 1. The van der Waals surface area contributed by atoms with Crippen LogP contribution in [-0.2, 0) is 10.0 Å². The van der Waals surface area contributed by atoms with Crippen molar-refractivity contribution in [2.24, 2.45) is 5.92 Å². The average Bonchev–Trinajstić information content (AvgIpc) is 2.89. The van der Waals surface area contributed by atoms with Gasteiger partial charge >= 0.3 is 5.97 Å². The van der Waals surface area contributed by atoms with Crippen molar-refractivity contribution in [3.05, 3.63) is 11.8 Å². The SMILES string of the molecule is CC(NS(=O)(=O)c1[nH]ncc1C(=O)O)C1CCCCC1. The largest absolute Gasteiger partial charge is 0.478 e. The minimum Gasteiger partial charge on any atom is -0.478 e. The number of rotatable bonds is 5. The minimum atomic E-state index is -3.89. The third-order valence-corrected chi connectivity index (χ3v) is 5.33. The summed E-state index contributed by atoms with van der Waals surface area (Å²) in [6.45, 7) is 1.82. The van der Waals surface area contributed by atoms with Crippen molar-refractivity contribution >= 4 is 16.0 Å². The molecule has 8 heteroatoms. The van der Waals surface area contributed by atoms with Gasteiger partial charge in [-0.25, -0.2) is 17.9 Å². The number of carboxylic acids is 1. The van der Waals surface area contributed by atoms with Gasteiger partial charge in [-0.3, -0.25) is 5.10 Å². The van der Waals surface area contributed by atoms with E-state index in [9.17, 15) is 13.2 Å². The van der Waals surface area contributed by atoms with Crippen LogP contribution in [0, 0.1) is 5.92 Å². The molecule has 2 rings (SSSR count). The van der Waals surface area contributed by atoms with Gasteiger partial charge in [-0.1, -0.05) is 19.3 Å². The van der Waals surface area contributed by atoms with Crippen LogP contribution in [-0.4, -0.2) is 35.7 Å². The van der Waals surface area contributed by atoms with Gasteiger partial charge in [-0.15, -0.1) is 0 Å². The monoisotopic (exact) mass is 301 g/mol. The van der Waals surface area contributed by atoms with Crippen LogP contribution < -0.4 is 4.72 Å². The zero-order chi connectivity index (χ0) is 14.8. The maximum Gasteiger partial charge on any atom is 0.340 e. The number of hydrogen-bond donors (Lipinski definition) is 3. The maximum absolute atomic E-state index is 12.2. The number of hydrogen-bond acceptors (Lipinski definition) is 4. The van der Waals surface area contributed by atoms with Gasteiger partial charge in [-0.05, 0) is 25.7 Å². The van der Waals surface area contributed by atoms with Crippen LogP contribution in [0.15, 0.2) is 11.2 Å². The van der Waals surface area contributed by atoms with Gasteiger partial charge in [0.2, 0.25) is 0 Å². The summed E-state index contributed by atoms with van der Waals surface area (Å²) >= 11 is 0. The zero-order valence-corrected chi connectivity index (χ0v) is 12.1. The fourth-order valence-electron chi connectivity index (χ4n) is 2.67. The predicted octanol–water partition coefficient (Wildman–Crippen LogP) is 1.35. The molecule has 1 aliphatic carbocycles. The summed E-state index contributed by atoms with van der Waals surface area (Å²) in [6.07, 6.45) is 6.42. The Hall–Kier alpha value is -1.41. The van der Waals surface area contributed by atoms with Crippen LogP contribution in [0.1, 0.15) is 49.4 Å². The molecule has 0 spiro atoms. The van der Waals surface area contributed by atoms with Crippen LogP contribution >= 0.6 is 0 Å². The van der Waals surface area contributed by atoms with Gasteiger partial charge in [0.25, 0.3) is 10.0 Å². The van der Waals surface area contributed by atoms with Gasteiger partial charge in [0.05, 0.1) is 6.20 Å². The smallest absolute Gasteiger partial charge is 0.340 e. The summed E-state index contributed by atoms with van der Waals surface area (Å²) in [5.74, 6) is -1.01. The molecule has 0 bridgehead atoms. The molecule has 0 aliphatic heterocycles. The van der Waals surface area contributed by atoms with Gasteiger partial charge in [-0.2, -0.15) is 5.10 Å². The summed E-state index contributed by atoms with van der Waals surface area (Å²) in [7, 11) is -3.89. The Morgan fingerprint density at radius 2 is 2.10 bits per heavy atom. The fourth-order valence-corrected chi connectivity index (χ4v) is 4.07. The van der Waals surface area contributed by atoms with Crippen molar-refractivity contribution in [1.29, 1.82) is 0 Å². The van der Waals surface area contributed by atoms with Crippen molar-refractivity contribution in [3.63, 3.8) is 0 Å². The molecule has 1 heterocycles. The van der Waals surface area contributed by atoms with Gasteiger partial charge in [0.1, 0.15) is 5.56 Å². The van der Waals surface area contributed by atoms with E-state index in [2.05, 4.69) is 14.9 Å². The van der Waals surface area contributed by atoms with Crippen LogP contribution in [0.3, 0.4) is 0 Å². The molecule has 112 valence electrons. The van der Waals surface area contributed by atoms with E-state index in [0.29, 0.717) is 5.92 Å². The molecule has 1 fully saturated rings. The van der Waals surface area contributed by atoms with E-state index in [4.69, 9.17) is 5.11 Å². The average molecular weight is 301 g/mol. The number of nitrogens with zero attached hydrogens (tertiary/aromatic N) is 1. The molecule has 1 aromatic heterocycles. The number of carbonyl (C=O) groups is 1. The second-order valence-electron chi connectivity index (χ2n) is 5.23. The number of nitrogens with one attached hydrogen (secondary N) is 2. The Bertz CT molecular complexity index is 575. The first kappa shape index (κ1) is 15.0. The number of H-pyrrole nitrogens is 1. The summed E-state index contributed by atoms with van der Waals surface area (Å²) in [5, 5.41) is 14.3. The Morgan fingerprint density at radius 3 is 2.70 bits per heavy atom. The fraction of sp³-hybridized carbons (Fsp3) is 0.667. The summed E-state index contributed by atoms with van der Waals surface area (Å²) < 4.78 is 27.0. The van der Waals surface area contributed by atoms with Gasteiger partial charge in [0, 0.05) is 6.04 Å². The van der Waals surface area contributed by atoms with E-state index in [1.165, 1.54) is 6.42 Å². The lowest BCUT2D eigenvalue weighted by Crippen LogP contribution is -2.39. The molecule has 1 saturated carbocycles. The van der Waals surface area contributed by atoms with Crippen molar-refractivity contribution in [2.75, 3.05) is 0 Å². The van der Waals surface area contributed by atoms with E-state index in [1.54, 1.807) is 0 Å². The molecule has 1 aliphatic rings. The van der Waals surface area contributed by atoms with Gasteiger partial charge < -0.3 is 5.11 Å². The molecule has 0 amide bonds. The maximum atomic E-state index is 12.2. The Kier molecular flexibility index (Phi) is 4.44. The number of aromatic nitrogens is 2. The van der Waals surface area contributed by atoms with Crippen molar-refractivity contribution in [3.8, 4) is 0 Å².